The first-order chi connectivity index (χ1) is 19.2. The molecule has 3 aliphatic rings. The number of anilines is 1. The molecule has 2 N–H and O–H groups in total. The molecule has 218 valence electrons. The summed E-state index contributed by atoms with van der Waals surface area (Å²) in [7, 11) is 1.83. The van der Waals surface area contributed by atoms with E-state index in [2.05, 4.69) is 31.3 Å². The van der Waals surface area contributed by atoms with Gasteiger partial charge in [0.05, 0.1) is 18.8 Å². The average Bonchev–Trinajstić information content (AvgIpc) is 2.89. The molecule has 2 aliphatic heterocycles. The van der Waals surface area contributed by atoms with E-state index in [4.69, 9.17) is 14.5 Å². The molecule has 3 heterocycles. The van der Waals surface area contributed by atoms with Crippen LogP contribution < -0.4 is 5.32 Å². The summed E-state index contributed by atoms with van der Waals surface area (Å²) in [5.74, 6) is -0.350. The van der Waals surface area contributed by atoms with Crippen molar-refractivity contribution in [1.82, 2.24) is 9.88 Å². The number of aryl methyl sites for hydroxylation is 2. The molecule has 0 radical (unpaired) electrons. The van der Waals surface area contributed by atoms with E-state index in [0.29, 0.717) is 18.8 Å². The molecule has 0 bridgehead atoms. The number of carboxylic acids is 1. The molecule has 7 nitrogen and oxygen atoms in total. The maximum Gasteiger partial charge on any atom is 0.325 e. The van der Waals surface area contributed by atoms with Crippen molar-refractivity contribution in [2.75, 3.05) is 32.1 Å². The number of nitrogens with one attached hydrogen (secondary N) is 1. The number of aromatic nitrogens is 1. The number of nitrogens with zero attached hydrogens (tertiary/aromatic N) is 2. The Balaban J connectivity index is 1.11. The highest BCUT2D eigenvalue weighted by Gasteiger charge is 2.40. The van der Waals surface area contributed by atoms with Crippen molar-refractivity contribution < 1.29 is 23.8 Å². The average molecular weight is 554 g/mol. The highest BCUT2D eigenvalue weighted by Crippen LogP contribution is 2.41. The number of hydrogen-bond acceptors (Lipinski definition) is 6. The predicted octanol–water partition coefficient (Wildman–Crippen LogP) is 6.08. The number of fused-ring (bicyclic) bond motifs is 1. The highest BCUT2D eigenvalue weighted by molar-refractivity contribution is 5.76. The van der Waals surface area contributed by atoms with Crippen LogP contribution in [0.25, 0.3) is 0 Å². The van der Waals surface area contributed by atoms with Crippen molar-refractivity contribution in [2.45, 2.75) is 95.9 Å². The van der Waals surface area contributed by atoms with Gasteiger partial charge in [-0.05, 0) is 105 Å². The van der Waals surface area contributed by atoms with E-state index in [9.17, 15) is 14.3 Å². The number of likely N-dealkylation sites (N-methyl/N-ethyl adjacent to an activating group) is 1. The fourth-order valence-electron chi connectivity index (χ4n) is 6.23. The molecule has 0 amide bonds. The van der Waals surface area contributed by atoms with E-state index in [0.717, 1.165) is 75.0 Å². The van der Waals surface area contributed by atoms with Crippen LogP contribution in [0.4, 0.5) is 10.2 Å². The van der Waals surface area contributed by atoms with Crippen LogP contribution in [0, 0.1) is 11.2 Å². The zero-order chi connectivity index (χ0) is 28.3. The first-order valence-electron chi connectivity index (χ1n) is 14.9. The molecule has 1 aromatic carbocycles. The number of halogens is 1. The SMILES string of the molecule is CN(C1CC(OCCCCc2ccc3c(n2)NCCC3)C1)C(C(=O)O)c1cc(F)ccc1[C@@H]1CCC(C)(C)CO1. The van der Waals surface area contributed by atoms with Crippen molar-refractivity contribution >= 4 is 11.8 Å². The molecule has 1 aromatic heterocycles. The second-order valence-corrected chi connectivity index (χ2v) is 12.6. The van der Waals surface area contributed by atoms with Crippen molar-refractivity contribution in [3.63, 3.8) is 0 Å². The quantitative estimate of drug-likeness (QED) is 0.326. The molecule has 2 aromatic rings. The Hall–Kier alpha value is -2.55. The zero-order valence-corrected chi connectivity index (χ0v) is 24.1. The molecule has 0 spiro atoms. The van der Waals surface area contributed by atoms with Crippen LogP contribution in [-0.4, -0.2) is 59.9 Å². The summed E-state index contributed by atoms with van der Waals surface area (Å²) in [6, 6.07) is 7.98. The molecular weight excluding hydrogens is 509 g/mol. The molecule has 5 rings (SSSR count). The smallest absolute Gasteiger partial charge is 0.325 e. The minimum atomic E-state index is -0.971. The van der Waals surface area contributed by atoms with Crippen molar-refractivity contribution in [3.8, 4) is 0 Å². The van der Waals surface area contributed by atoms with Crippen LogP contribution in [0.15, 0.2) is 30.3 Å². The monoisotopic (exact) mass is 553 g/mol. The number of rotatable bonds is 11. The van der Waals surface area contributed by atoms with Gasteiger partial charge in [0.1, 0.15) is 17.7 Å². The molecule has 1 unspecified atom stereocenters. The third kappa shape index (κ3) is 6.84. The first kappa shape index (κ1) is 29.0. The van der Waals surface area contributed by atoms with Gasteiger partial charge in [-0.2, -0.15) is 0 Å². The minimum Gasteiger partial charge on any atom is -0.480 e. The van der Waals surface area contributed by atoms with Crippen LogP contribution in [-0.2, 0) is 27.1 Å². The number of carbonyl (C=O) groups is 1. The van der Waals surface area contributed by atoms with Crippen LogP contribution in [0.3, 0.4) is 0 Å². The van der Waals surface area contributed by atoms with Crippen molar-refractivity contribution in [3.05, 3.63) is 58.5 Å². The van der Waals surface area contributed by atoms with Crippen LogP contribution in [0.1, 0.15) is 93.3 Å². The summed E-state index contributed by atoms with van der Waals surface area (Å²) in [5, 5.41) is 13.6. The lowest BCUT2D eigenvalue weighted by Crippen LogP contribution is -2.49. The van der Waals surface area contributed by atoms with Gasteiger partial charge in [0.15, 0.2) is 0 Å². The summed E-state index contributed by atoms with van der Waals surface area (Å²) >= 11 is 0. The van der Waals surface area contributed by atoms with E-state index >= 15 is 0 Å². The number of unbranched alkanes of at least 4 members (excludes halogenated alkanes) is 1. The predicted molar refractivity (Wildman–Crippen MR) is 153 cm³/mol. The van der Waals surface area contributed by atoms with Crippen molar-refractivity contribution in [1.29, 1.82) is 0 Å². The second kappa shape index (κ2) is 12.5. The van der Waals surface area contributed by atoms with Crippen LogP contribution >= 0.6 is 0 Å². The minimum absolute atomic E-state index is 0.0700. The van der Waals surface area contributed by atoms with Gasteiger partial charge >= 0.3 is 5.97 Å². The number of ether oxygens (including phenoxy) is 2. The Morgan fingerprint density at radius 1 is 1.27 bits per heavy atom. The van der Waals surface area contributed by atoms with E-state index in [1.165, 1.54) is 24.1 Å². The molecular formula is C32H44FN3O4. The lowest BCUT2D eigenvalue weighted by Gasteiger charge is -2.44. The summed E-state index contributed by atoms with van der Waals surface area (Å²) in [6.07, 6.45) is 8.42. The number of aliphatic carboxylic acids is 1. The summed E-state index contributed by atoms with van der Waals surface area (Å²) in [6.45, 7) is 6.63. The second-order valence-electron chi connectivity index (χ2n) is 12.6. The van der Waals surface area contributed by atoms with Gasteiger partial charge in [0, 0.05) is 24.9 Å². The lowest BCUT2D eigenvalue weighted by atomic mass is 9.82. The summed E-state index contributed by atoms with van der Waals surface area (Å²) in [5.41, 5.74) is 3.81. The molecule has 8 heteroatoms. The maximum atomic E-state index is 14.4. The molecule has 1 aliphatic carbocycles. The van der Waals surface area contributed by atoms with Gasteiger partial charge in [-0.3, -0.25) is 9.69 Å². The Morgan fingerprint density at radius 2 is 2.10 bits per heavy atom. The van der Waals surface area contributed by atoms with Gasteiger partial charge in [-0.15, -0.1) is 0 Å². The fraction of sp³-hybridized carbons (Fsp3) is 0.625. The van der Waals surface area contributed by atoms with Crippen LogP contribution in [0.5, 0.6) is 0 Å². The Morgan fingerprint density at radius 3 is 2.85 bits per heavy atom. The normalized spacial score (nSPS) is 24.6. The Kier molecular flexibility index (Phi) is 9.08. The van der Waals surface area contributed by atoms with E-state index < -0.39 is 17.8 Å². The number of benzene rings is 1. The van der Waals surface area contributed by atoms with Gasteiger partial charge < -0.3 is 19.9 Å². The number of hydrogen-bond donors (Lipinski definition) is 2. The molecule has 2 fully saturated rings. The maximum absolute atomic E-state index is 14.4. The van der Waals surface area contributed by atoms with E-state index in [-0.39, 0.29) is 23.7 Å². The van der Waals surface area contributed by atoms with Gasteiger partial charge in [0.2, 0.25) is 0 Å². The first-order valence-corrected chi connectivity index (χ1v) is 14.9. The molecule has 2 atom stereocenters. The largest absolute Gasteiger partial charge is 0.480 e. The number of carboxylic acid groups (broad SMARTS) is 1. The third-order valence-electron chi connectivity index (χ3n) is 8.87. The van der Waals surface area contributed by atoms with Crippen molar-refractivity contribution in [2.24, 2.45) is 5.41 Å². The van der Waals surface area contributed by atoms with E-state index in [1.54, 1.807) is 6.07 Å². The molecule has 40 heavy (non-hydrogen) atoms. The molecule has 1 saturated carbocycles. The highest BCUT2D eigenvalue weighted by atomic mass is 19.1. The summed E-state index contributed by atoms with van der Waals surface area (Å²) < 4.78 is 26.6. The van der Waals surface area contributed by atoms with Gasteiger partial charge in [0.25, 0.3) is 0 Å². The van der Waals surface area contributed by atoms with E-state index in [1.807, 2.05) is 11.9 Å². The van der Waals surface area contributed by atoms with Gasteiger partial charge in [-0.25, -0.2) is 9.37 Å². The standard InChI is InChI=1S/C32H44FN3O4/c1-32(2)14-13-28(40-20-32)26-12-10-22(33)17-27(26)29(31(37)38)36(3)24-18-25(19-24)39-16-5-4-8-23-11-9-21-7-6-15-34-30(21)35-23/h9-12,17,24-25,28-29H,4-8,13-16,18-20H2,1-3H3,(H,34,35)(H,37,38)/t24?,25?,28-,29?/m0/s1. The van der Waals surface area contributed by atoms with Gasteiger partial charge in [-0.1, -0.05) is 26.0 Å². The topological polar surface area (TPSA) is 83.9 Å². The zero-order valence-electron chi connectivity index (χ0n) is 24.1. The Bertz CT molecular complexity index is 1170. The van der Waals surface area contributed by atoms with Crippen LogP contribution in [0.2, 0.25) is 0 Å². The Labute approximate surface area is 237 Å². The number of pyridine rings is 1. The molecule has 1 saturated heterocycles. The summed E-state index contributed by atoms with van der Waals surface area (Å²) in [4.78, 5) is 19.2. The lowest BCUT2D eigenvalue weighted by molar-refractivity contribution is -0.147. The fourth-order valence-corrected chi connectivity index (χ4v) is 6.23. The third-order valence-corrected chi connectivity index (χ3v) is 8.87.